The third-order valence-electron chi connectivity index (χ3n) is 7.16. The van der Waals surface area contributed by atoms with Gasteiger partial charge in [-0.15, -0.1) is 0 Å². The second-order valence-corrected chi connectivity index (χ2v) is 11.9. The number of rotatable bonds is 10. The molecule has 39 heavy (non-hydrogen) atoms. The van der Waals surface area contributed by atoms with E-state index in [9.17, 15) is 0 Å². The van der Waals surface area contributed by atoms with Crippen molar-refractivity contribution in [3.8, 4) is 0 Å². The molecule has 194 valence electrons. The fourth-order valence-corrected chi connectivity index (χ4v) is 7.66. The van der Waals surface area contributed by atoms with Crippen molar-refractivity contribution in [3.05, 3.63) is 174 Å². The molecule has 0 unspecified atom stereocenters. The van der Waals surface area contributed by atoms with E-state index in [0.29, 0.717) is 0 Å². The summed E-state index contributed by atoms with van der Waals surface area (Å²) in [6.45, 7) is 2.10. The van der Waals surface area contributed by atoms with Crippen LogP contribution >= 0.6 is 0 Å². The molecule has 0 spiro atoms. The van der Waals surface area contributed by atoms with E-state index in [4.69, 9.17) is 7.85 Å². The van der Waals surface area contributed by atoms with Crippen molar-refractivity contribution in [1.82, 2.24) is 9.55 Å². The Morgan fingerprint density at radius 3 is 1.69 bits per heavy atom. The Morgan fingerprint density at radius 2 is 1.26 bits per heavy atom. The number of imidazole rings is 1. The SMILES string of the molecule is CC=CCCC[SiH2]C(c1ccccc1)(c1ccccc1)n1ccnc1.[B]C(c1ccccc1)c1ccccc1. The van der Waals surface area contributed by atoms with Gasteiger partial charge in [0.1, 0.15) is 0 Å². The van der Waals surface area contributed by atoms with Crippen LogP contribution in [-0.2, 0) is 5.16 Å². The average Bonchev–Trinajstić information content (AvgIpc) is 3.56. The van der Waals surface area contributed by atoms with Crippen LogP contribution in [0.2, 0.25) is 6.04 Å². The van der Waals surface area contributed by atoms with Gasteiger partial charge in [0, 0.05) is 12.4 Å². The first-order valence-electron chi connectivity index (χ1n) is 13.8. The van der Waals surface area contributed by atoms with Gasteiger partial charge < -0.3 is 4.57 Å². The van der Waals surface area contributed by atoms with Crippen molar-refractivity contribution in [2.45, 2.75) is 36.8 Å². The van der Waals surface area contributed by atoms with Crippen molar-refractivity contribution in [2.24, 2.45) is 0 Å². The first-order valence-corrected chi connectivity index (χ1v) is 15.5. The number of benzene rings is 4. The van der Waals surface area contributed by atoms with E-state index in [-0.39, 0.29) is 11.0 Å². The largest absolute Gasteiger partial charge is 0.327 e. The zero-order chi connectivity index (χ0) is 27.2. The summed E-state index contributed by atoms with van der Waals surface area (Å²) in [5, 5.41) is -0.0745. The summed E-state index contributed by atoms with van der Waals surface area (Å²) < 4.78 is 2.33. The minimum absolute atomic E-state index is 0.0163. The molecule has 1 heterocycles. The molecule has 0 aliphatic rings. The van der Waals surface area contributed by atoms with Crippen LogP contribution in [0.1, 0.15) is 47.8 Å². The molecule has 0 saturated carbocycles. The quantitative estimate of drug-likeness (QED) is 0.105. The molecule has 0 fully saturated rings. The first kappa shape index (κ1) is 28.1. The lowest BCUT2D eigenvalue weighted by molar-refractivity contribution is 0.589. The van der Waals surface area contributed by atoms with E-state index in [1.807, 2.05) is 48.9 Å². The molecular formula is C35H37BN2Si. The minimum Gasteiger partial charge on any atom is -0.327 e. The molecule has 0 aliphatic heterocycles. The van der Waals surface area contributed by atoms with Crippen molar-refractivity contribution in [1.29, 1.82) is 0 Å². The molecule has 5 rings (SSSR count). The Balaban J connectivity index is 0.000000212. The highest BCUT2D eigenvalue weighted by atomic mass is 28.2. The zero-order valence-electron chi connectivity index (χ0n) is 22.8. The number of allylic oxidation sites excluding steroid dienone is 2. The Morgan fingerprint density at radius 1 is 0.769 bits per heavy atom. The maximum Gasteiger partial charge on any atom is 0.0953 e. The topological polar surface area (TPSA) is 17.8 Å². The Bertz CT molecular complexity index is 1280. The highest BCUT2D eigenvalue weighted by Gasteiger charge is 2.35. The van der Waals surface area contributed by atoms with E-state index in [1.54, 1.807) is 0 Å². The van der Waals surface area contributed by atoms with Gasteiger partial charge in [-0.1, -0.05) is 146 Å². The van der Waals surface area contributed by atoms with Gasteiger partial charge in [-0.3, -0.25) is 0 Å². The lowest BCUT2D eigenvalue weighted by atomic mass is 9.76. The molecule has 2 nitrogen and oxygen atoms in total. The van der Waals surface area contributed by atoms with Crippen molar-refractivity contribution < 1.29 is 0 Å². The summed E-state index contributed by atoms with van der Waals surface area (Å²) in [7, 11) is 5.63. The number of hydrogen-bond acceptors (Lipinski definition) is 1. The summed E-state index contributed by atoms with van der Waals surface area (Å²) in [6.07, 6.45) is 12.9. The van der Waals surface area contributed by atoms with E-state index in [2.05, 4.69) is 120 Å². The number of nitrogens with zero attached hydrogens (tertiary/aromatic N) is 2. The number of aromatic nitrogens is 2. The predicted molar refractivity (Wildman–Crippen MR) is 169 cm³/mol. The maximum absolute atomic E-state index is 6.12. The summed E-state index contributed by atoms with van der Waals surface area (Å²) in [5.74, 6) is -0.0163. The van der Waals surface area contributed by atoms with E-state index in [1.165, 1.54) is 30.0 Å². The fraction of sp³-hybridized carbons (Fsp3) is 0.171. The van der Waals surface area contributed by atoms with Gasteiger partial charge in [0.2, 0.25) is 0 Å². The van der Waals surface area contributed by atoms with Crippen LogP contribution in [0.5, 0.6) is 0 Å². The van der Waals surface area contributed by atoms with Gasteiger partial charge in [0.15, 0.2) is 0 Å². The first-order chi connectivity index (χ1) is 19.3. The summed E-state index contributed by atoms with van der Waals surface area (Å²) in [5.41, 5.74) is 5.05. The van der Waals surface area contributed by atoms with Gasteiger partial charge in [-0.05, 0) is 41.4 Å². The molecular weight excluding hydrogens is 487 g/mol. The Labute approximate surface area is 237 Å². The molecule has 1 aromatic heterocycles. The molecule has 0 amide bonds. The van der Waals surface area contributed by atoms with Crippen LogP contribution in [0, 0.1) is 0 Å². The molecule has 0 bridgehead atoms. The van der Waals surface area contributed by atoms with Crippen molar-refractivity contribution in [2.75, 3.05) is 0 Å². The fourth-order valence-electron chi connectivity index (χ4n) is 5.12. The Kier molecular flexibility index (Phi) is 10.7. The number of unbranched alkanes of at least 4 members (excludes halogenated alkanes) is 1. The van der Waals surface area contributed by atoms with Crippen LogP contribution in [0.15, 0.2) is 152 Å². The van der Waals surface area contributed by atoms with Crippen LogP contribution in [0.3, 0.4) is 0 Å². The molecule has 2 radical (unpaired) electrons. The second-order valence-electron chi connectivity index (χ2n) is 9.68. The van der Waals surface area contributed by atoms with Gasteiger partial charge in [-0.2, -0.15) is 0 Å². The molecule has 5 aromatic rings. The van der Waals surface area contributed by atoms with Crippen LogP contribution < -0.4 is 0 Å². The number of hydrogen-bond donors (Lipinski definition) is 0. The van der Waals surface area contributed by atoms with E-state index < -0.39 is 9.52 Å². The molecule has 0 saturated heterocycles. The maximum atomic E-state index is 6.12. The van der Waals surface area contributed by atoms with Crippen molar-refractivity contribution in [3.63, 3.8) is 0 Å². The van der Waals surface area contributed by atoms with Gasteiger partial charge in [-0.25, -0.2) is 4.98 Å². The molecule has 4 heteroatoms. The summed E-state index contributed by atoms with van der Waals surface area (Å²) >= 11 is 0. The summed E-state index contributed by atoms with van der Waals surface area (Å²) in [4.78, 5) is 4.37. The normalized spacial score (nSPS) is 11.6. The second kappa shape index (κ2) is 14.9. The Hall–Kier alpha value is -3.89. The molecule has 4 aromatic carbocycles. The van der Waals surface area contributed by atoms with E-state index >= 15 is 0 Å². The van der Waals surface area contributed by atoms with E-state index in [0.717, 1.165) is 11.1 Å². The minimum atomic E-state index is -0.486. The smallest absolute Gasteiger partial charge is 0.0953 e. The predicted octanol–water partition coefficient (Wildman–Crippen LogP) is 7.52. The summed E-state index contributed by atoms with van der Waals surface area (Å²) in [6, 6.07) is 43.4. The monoisotopic (exact) mass is 524 g/mol. The zero-order valence-corrected chi connectivity index (χ0v) is 24.2. The van der Waals surface area contributed by atoms with Gasteiger partial charge >= 0.3 is 0 Å². The lowest BCUT2D eigenvalue weighted by Gasteiger charge is -2.37. The lowest BCUT2D eigenvalue weighted by Crippen LogP contribution is -2.41. The highest BCUT2D eigenvalue weighted by Crippen LogP contribution is 2.34. The molecule has 0 N–H and O–H groups in total. The highest BCUT2D eigenvalue weighted by molar-refractivity contribution is 6.41. The average molecular weight is 525 g/mol. The van der Waals surface area contributed by atoms with Gasteiger partial charge in [0.25, 0.3) is 0 Å². The van der Waals surface area contributed by atoms with Crippen molar-refractivity contribution >= 4 is 17.4 Å². The van der Waals surface area contributed by atoms with Crippen LogP contribution in [0.4, 0.5) is 0 Å². The van der Waals surface area contributed by atoms with Gasteiger partial charge in [0.05, 0.1) is 28.9 Å². The van der Waals surface area contributed by atoms with Crippen LogP contribution in [-0.4, -0.2) is 26.9 Å². The molecule has 0 atom stereocenters. The molecule has 0 aliphatic carbocycles. The third kappa shape index (κ3) is 7.36. The standard InChI is InChI=1S/C22H26N2Si.C13H11B/c1-2-3-4-11-18-25-22(24-17-16-23-19-24,20-12-7-5-8-13-20)21-14-9-6-10-15-21;14-13(11-7-3-1-4-8-11)12-9-5-2-6-10-12/h2-3,5-10,12-17,19H,4,11,18,25H2,1H3;1-10,13H. The van der Waals surface area contributed by atoms with Crippen LogP contribution in [0.25, 0.3) is 0 Å². The third-order valence-corrected chi connectivity index (χ3v) is 9.92.